The fourth-order valence-corrected chi connectivity index (χ4v) is 0.961. The topological polar surface area (TPSA) is 152 Å². The van der Waals surface area contributed by atoms with Crippen LogP contribution in [-0.4, -0.2) is 41.4 Å². The van der Waals surface area contributed by atoms with Gasteiger partial charge in [0.1, 0.15) is 0 Å². The highest BCUT2D eigenvalue weighted by molar-refractivity contribution is 7.73. The highest BCUT2D eigenvalue weighted by atomic mass is 31.2. The predicted molar refractivity (Wildman–Crippen MR) is 76.5 cm³/mol. The van der Waals surface area contributed by atoms with Crippen molar-refractivity contribution in [3.8, 4) is 5.75 Å². The molecule has 21 heavy (non-hydrogen) atoms. The van der Waals surface area contributed by atoms with Gasteiger partial charge in [-0.1, -0.05) is 0 Å². The molecule has 0 amide bonds. The Kier molecular flexibility index (Phi) is 6.12. The van der Waals surface area contributed by atoms with Gasteiger partial charge in [0.05, 0.1) is 32.7 Å². The summed E-state index contributed by atoms with van der Waals surface area (Å²) in [6.45, 7) is 9.19. The van der Waals surface area contributed by atoms with Crippen molar-refractivity contribution in [2.24, 2.45) is 0 Å². The van der Waals surface area contributed by atoms with Gasteiger partial charge in [-0.25, -0.2) is 0 Å². The van der Waals surface area contributed by atoms with Gasteiger partial charge in [-0.05, 0) is 0 Å². The molecule has 1 rings (SSSR count). The van der Waals surface area contributed by atoms with Gasteiger partial charge < -0.3 is 5.11 Å². The molecule has 0 radical (unpaired) electrons. The Morgan fingerprint density at radius 2 is 1.10 bits per heavy atom. The molecule has 1 aromatic rings. The van der Waals surface area contributed by atoms with Crippen molar-refractivity contribution in [1.82, 2.24) is 0 Å². The predicted octanol–water partition coefficient (Wildman–Crippen LogP) is 2.01. The van der Waals surface area contributed by atoms with Crippen LogP contribution in [0.5, 0.6) is 5.75 Å². The van der Waals surface area contributed by atoms with Gasteiger partial charge in [-0.3, -0.25) is 30.3 Å². The van der Waals surface area contributed by atoms with Gasteiger partial charge >= 0.3 is 0 Å². The van der Waals surface area contributed by atoms with Crippen molar-refractivity contribution in [3.05, 3.63) is 42.5 Å². The molecule has 0 N–H and O–H groups in total. The van der Waals surface area contributed by atoms with E-state index < -0.39 is 37.6 Å². The Morgan fingerprint density at radius 3 is 1.29 bits per heavy atom. The van der Waals surface area contributed by atoms with Crippen molar-refractivity contribution in [2.75, 3.05) is 26.7 Å². The van der Waals surface area contributed by atoms with Crippen LogP contribution in [0, 0.1) is 30.3 Å². The summed E-state index contributed by atoms with van der Waals surface area (Å²) in [4.78, 5) is 27.5. The van der Waals surface area contributed by atoms with E-state index in [1.165, 1.54) is 0 Å². The van der Waals surface area contributed by atoms with Crippen molar-refractivity contribution < 1.29 is 19.9 Å². The maximum atomic E-state index is 11.1. The summed E-state index contributed by atoms with van der Waals surface area (Å²) in [7, 11) is -0.389. The number of nitro groups is 3. The molecule has 0 atom stereocenters. The number of benzene rings is 1. The lowest BCUT2D eigenvalue weighted by atomic mass is 10.2. The summed E-state index contributed by atoms with van der Waals surface area (Å²) in [5, 5.41) is 42.1. The first-order chi connectivity index (χ1) is 9.34. The molecule has 0 saturated heterocycles. The largest absolute Gasteiger partial charge is 0.863 e. The Labute approximate surface area is 120 Å². The second-order valence-electron chi connectivity index (χ2n) is 5.27. The van der Waals surface area contributed by atoms with Gasteiger partial charge in [0, 0.05) is 33.9 Å². The average molecular weight is 319 g/mol. The Bertz CT molecular complexity index is 541. The lowest BCUT2D eigenvalue weighted by molar-refractivity contribution is -0.420. The molecule has 0 aliphatic rings. The standard InChI is InChI=1S/C6H3N3O7.C4H12P/c10-6-4(8(13)14)1-3(7(11)12)2-5(6)9(15)16;1-5(2,3)4/h1-2,10H;1-4H3/q;+1/p-1. The van der Waals surface area contributed by atoms with E-state index in [1.54, 1.807) is 0 Å². The average Bonchev–Trinajstić information content (AvgIpc) is 2.25. The maximum absolute atomic E-state index is 11.1. The van der Waals surface area contributed by atoms with E-state index in [2.05, 4.69) is 26.7 Å². The Morgan fingerprint density at radius 1 is 0.810 bits per heavy atom. The molecular weight excluding hydrogens is 305 g/mol. The molecule has 0 heterocycles. The monoisotopic (exact) mass is 319 g/mol. The number of rotatable bonds is 3. The van der Waals surface area contributed by atoms with Gasteiger partial charge in [0.25, 0.3) is 17.1 Å². The Balaban J connectivity index is 0.000000690. The van der Waals surface area contributed by atoms with Crippen LogP contribution in [0.4, 0.5) is 17.1 Å². The number of nitrogens with zero attached hydrogens (tertiary/aromatic N) is 3. The van der Waals surface area contributed by atoms with Crippen LogP contribution in [0.25, 0.3) is 0 Å². The summed E-state index contributed by atoms with van der Waals surface area (Å²) in [6, 6.07) is 0.769. The van der Waals surface area contributed by atoms with E-state index in [0.29, 0.717) is 12.1 Å². The molecule has 0 aliphatic heterocycles. The van der Waals surface area contributed by atoms with Crippen LogP contribution >= 0.6 is 7.26 Å². The molecule has 10 nitrogen and oxygen atoms in total. The number of hydrogen-bond acceptors (Lipinski definition) is 7. The molecule has 0 bridgehead atoms. The second kappa shape index (κ2) is 6.89. The third-order valence-corrected chi connectivity index (χ3v) is 1.64. The van der Waals surface area contributed by atoms with E-state index >= 15 is 0 Å². The van der Waals surface area contributed by atoms with Crippen molar-refractivity contribution in [3.63, 3.8) is 0 Å². The van der Waals surface area contributed by atoms with Crippen LogP contribution in [-0.2, 0) is 0 Å². The minimum atomic E-state index is -1.46. The third kappa shape index (κ3) is 6.57. The van der Waals surface area contributed by atoms with E-state index in [9.17, 15) is 35.4 Å². The van der Waals surface area contributed by atoms with E-state index in [0.717, 1.165) is 0 Å². The molecule has 0 fully saturated rings. The first kappa shape index (κ1) is 18.7. The fraction of sp³-hybridized carbons (Fsp3) is 0.400. The van der Waals surface area contributed by atoms with Gasteiger partial charge in [0.15, 0.2) is 0 Å². The minimum Gasteiger partial charge on any atom is -0.863 e. The molecule has 0 aliphatic carbocycles. The summed E-state index contributed by atoms with van der Waals surface area (Å²) < 4.78 is 0. The zero-order chi connectivity index (χ0) is 17.0. The lowest BCUT2D eigenvalue weighted by Crippen LogP contribution is -2.04. The molecule has 11 heteroatoms. The van der Waals surface area contributed by atoms with Crippen LogP contribution in [0.3, 0.4) is 0 Å². The summed E-state index contributed by atoms with van der Waals surface area (Å²) >= 11 is 0. The van der Waals surface area contributed by atoms with Gasteiger partial charge in [-0.2, -0.15) is 0 Å². The van der Waals surface area contributed by atoms with Crippen LogP contribution in [0.2, 0.25) is 0 Å². The first-order valence-electron chi connectivity index (χ1n) is 5.41. The van der Waals surface area contributed by atoms with Crippen LogP contribution in [0.1, 0.15) is 0 Å². The smallest absolute Gasteiger partial charge is 0.283 e. The molecule has 0 aromatic heterocycles. The summed E-state index contributed by atoms with van der Waals surface area (Å²) in [6.07, 6.45) is 0. The maximum Gasteiger partial charge on any atom is 0.283 e. The van der Waals surface area contributed by atoms with E-state index in [-0.39, 0.29) is 7.26 Å². The van der Waals surface area contributed by atoms with Crippen molar-refractivity contribution in [1.29, 1.82) is 0 Å². The molecule has 0 spiro atoms. The molecular formula is C10H14N3O7P. The lowest BCUT2D eigenvalue weighted by Gasteiger charge is -2.06. The quantitative estimate of drug-likeness (QED) is 0.469. The van der Waals surface area contributed by atoms with Gasteiger partial charge in [0.2, 0.25) is 0 Å². The van der Waals surface area contributed by atoms with E-state index in [1.807, 2.05) is 0 Å². The fourth-order valence-electron chi connectivity index (χ4n) is 0.961. The second-order valence-corrected chi connectivity index (χ2v) is 10.6. The normalized spacial score (nSPS) is 10.3. The van der Waals surface area contributed by atoms with Crippen molar-refractivity contribution >= 4 is 24.3 Å². The third-order valence-electron chi connectivity index (χ3n) is 1.64. The first-order valence-corrected chi connectivity index (χ1v) is 8.99. The zero-order valence-electron chi connectivity index (χ0n) is 11.8. The highest BCUT2D eigenvalue weighted by Crippen LogP contribution is 2.40. The van der Waals surface area contributed by atoms with E-state index in [4.69, 9.17) is 0 Å². The SMILES string of the molecule is C[P+](C)(C)C.O=[N+]([O-])c1cc([N+](=O)[O-])c([O-])c([N+](=O)[O-])c1. The number of nitro benzene ring substituents is 3. The van der Waals surface area contributed by atoms with Crippen LogP contribution < -0.4 is 5.11 Å². The summed E-state index contributed by atoms with van der Waals surface area (Å²) in [5.74, 6) is -1.46. The molecule has 116 valence electrons. The zero-order valence-corrected chi connectivity index (χ0v) is 12.7. The van der Waals surface area contributed by atoms with Gasteiger partial charge in [-0.15, -0.1) is 0 Å². The number of hydrogen-bond donors (Lipinski definition) is 0. The number of non-ortho nitro benzene ring substituents is 1. The minimum absolute atomic E-state index is 0.384. The molecule has 1 aromatic carbocycles. The summed E-state index contributed by atoms with van der Waals surface area (Å²) in [5.41, 5.74) is -3.26. The molecule has 0 unspecified atom stereocenters. The Hall–Kier alpha value is -2.35. The van der Waals surface area contributed by atoms with Crippen molar-refractivity contribution in [2.45, 2.75) is 0 Å². The molecule has 0 saturated carbocycles. The van der Waals surface area contributed by atoms with Crippen LogP contribution in [0.15, 0.2) is 12.1 Å². The highest BCUT2D eigenvalue weighted by Gasteiger charge is 2.24.